The van der Waals surface area contributed by atoms with Crippen molar-refractivity contribution in [1.82, 2.24) is 15.2 Å². The van der Waals surface area contributed by atoms with Crippen LogP contribution in [0.3, 0.4) is 0 Å². The van der Waals surface area contributed by atoms with Gasteiger partial charge in [-0.3, -0.25) is 5.10 Å². The van der Waals surface area contributed by atoms with Gasteiger partial charge in [0.2, 0.25) is 0 Å². The molecule has 0 aliphatic heterocycles. The Morgan fingerprint density at radius 3 is 2.84 bits per heavy atom. The van der Waals surface area contributed by atoms with Crippen LogP contribution >= 0.6 is 23.2 Å². The lowest BCUT2D eigenvalue weighted by atomic mass is 10.1. The van der Waals surface area contributed by atoms with Crippen LogP contribution in [0.15, 0.2) is 18.2 Å². The molecule has 0 fully saturated rings. The lowest BCUT2D eigenvalue weighted by Gasteiger charge is -2.00. The summed E-state index contributed by atoms with van der Waals surface area (Å²) in [5.41, 5.74) is 0.918. The molecule has 0 saturated carbocycles. The minimum Gasteiger partial charge on any atom is -0.460 e. The maximum absolute atomic E-state index is 11.4. The first-order valence-electron chi connectivity index (χ1n) is 5.62. The summed E-state index contributed by atoms with van der Waals surface area (Å²) in [5.74, 6) is 0.0393. The summed E-state index contributed by atoms with van der Waals surface area (Å²) in [6, 6.07) is 5.29. The molecule has 7 heteroatoms. The van der Waals surface area contributed by atoms with Crippen molar-refractivity contribution in [2.75, 3.05) is 6.61 Å². The van der Waals surface area contributed by atoms with Crippen molar-refractivity contribution in [3.8, 4) is 0 Å². The molecule has 19 heavy (non-hydrogen) atoms. The Morgan fingerprint density at radius 2 is 2.16 bits per heavy atom. The van der Waals surface area contributed by atoms with E-state index in [1.165, 1.54) is 0 Å². The van der Waals surface area contributed by atoms with Gasteiger partial charge < -0.3 is 4.74 Å². The SMILES string of the molecule is CCOC(=O)c1n[nH]c(Cc2ccc(Cl)c(Cl)c2)n1. The van der Waals surface area contributed by atoms with E-state index in [9.17, 15) is 4.79 Å². The van der Waals surface area contributed by atoms with Gasteiger partial charge in [-0.25, -0.2) is 9.78 Å². The highest BCUT2D eigenvalue weighted by molar-refractivity contribution is 6.42. The van der Waals surface area contributed by atoms with Crippen molar-refractivity contribution >= 4 is 29.2 Å². The molecule has 5 nitrogen and oxygen atoms in total. The smallest absolute Gasteiger partial charge is 0.378 e. The number of ether oxygens (including phenoxy) is 1. The highest BCUT2D eigenvalue weighted by atomic mass is 35.5. The maximum Gasteiger partial charge on any atom is 0.378 e. The number of aromatic nitrogens is 3. The van der Waals surface area contributed by atoms with Crippen LogP contribution in [0.4, 0.5) is 0 Å². The fourth-order valence-electron chi connectivity index (χ4n) is 1.50. The van der Waals surface area contributed by atoms with Gasteiger partial charge in [0.05, 0.1) is 16.7 Å². The van der Waals surface area contributed by atoms with Gasteiger partial charge in [-0.15, -0.1) is 5.10 Å². The van der Waals surface area contributed by atoms with E-state index >= 15 is 0 Å². The molecule has 0 bridgehead atoms. The van der Waals surface area contributed by atoms with Crippen LogP contribution < -0.4 is 0 Å². The second kappa shape index (κ2) is 6.04. The Bertz CT molecular complexity index is 598. The van der Waals surface area contributed by atoms with Crippen molar-refractivity contribution in [1.29, 1.82) is 0 Å². The molecule has 0 saturated heterocycles. The molecule has 1 aromatic carbocycles. The summed E-state index contributed by atoms with van der Waals surface area (Å²) in [4.78, 5) is 15.5. The van der Waals surface area contributed by atoms with Crippen molar-refractivity contribution < 1.29 is 9.53 Å². The summed E-state index contributed by atoms with van der Waals surface area (Å²) >= 11 is 11.8. The molecule has 0 unspecified atom stereocenters. The lowest BCUT2D eigenvalue weighted by molar-refractivity contribution is 0.0512. The second-order valence-corrected chi connectivity index (χ2v) is 4.57. The molecule has 0 spiro atoms. The largest absolute Gasteiger partial charge is 0.460 e. The zero-order valence-electron chi connectivity index (χ0n) is 10.1. The van der Waals surface area contributed by atoms with Gasteiger partial charge in [0.25, 0.3) is 5.82 Å². The Hall–Kier alpha value is -1.59. The highest BCUT2D eigenvalue weighted by Crippen LogP contribution is 2.23. The lowest BCUT2D eigenvalue weighted by Crippen LogP contribution is -2.06. The zero-order chi connectivity index (χ0) is 13.8. The molecule has 1 N–H and O–H groups in total. The average molecular weight is 300 g/mol. The maximum atomic E-state index is 11.4. The number of halogens is 2. The number of rotatable bonds is 4. The van der Waals surface area contributed by atoms with Crippen LogP contribution in [0.25, 0.3) is 0 Å². The number of esters is 1. The Morgan fingerprint density at radius 1 is 1.37 bits per heavy atom. The van der Waals surface area contributed by atoms with Crippen molar-refractivity contribution in [2.24, 2.45) is 0 Å². The third-order valence-corrected chi connectivity index (χ3v) is 3.08. The summed E-state index contributed by atoms with van der Waals surface area (Å²) in [6.07, 6.45) is 0.475. The van der Waals surface area contributed by atoms with Gasteiger partial charge in [-0.05, 0) is 24.6 Å². The number of benzene rings is 1. The number of nitrogens with one attached hydrogen (secondary N) is 1. The number of carbonyl (C=O) groups is 1. The van der Waals surface area contributed by atoms with Crippen molar-refractivity contribution in [3.63, 3.8) is 0 Å². The van der Waals surface area contributed by atoms with Crippen LogP contribution in [0.5, 0.6) is 0 Å². The Kier molecular flexibility index (Phi) is 4.39. The Labute approximate surface area is 119 Å². The number of hydrogen-bond donors (Lipinski definition) is 1. The molecule has 1 heterocycles. The monoisotopic (exact) mass is 299 g/mol. The molecule has 0 aliphatic carbocycles. The Balaban J connectivity index is 2.11. The third-order valence-electron chi connectivity index (χ3n) is 2.35. The van der Waals surface area contributed by atoms with Crippen LogP contribution in [-0.2, 0) is 11.2 Å². The van der Waals surface area contributed by atoms with E-state index in [0.717, 1.165) is 5.56 Å². The molecule has 1 aromatic heterocycles. The first kappa shape index (κ1) is 13.8. The van der Waals surface area contributed by atoms with Gasteiger partial charge in [0.15, 0.2) is 0 Å². The van der Waals surface area contributed by atoms with E-state index in [1.54, 1.807) is 19.1 Å². The minimum absolute atomic E-state index is 0.0249. The van der Waals surface area contributed by atoms with E-state index in [2.05, 4.69) is 15.2 Å². The summed E-state index contributed by atoms with van der Waals surface area (Å²) in [5, 5.41) is 7.46. The molecular formula is C12H11Cl2N3O2. The van der Waals surface area contributed by atoms with E-state index in [-0.39, 0.29) is 12.4 Å². The van der Waals surface area contributed by atoms with Gasteiger partial charge in [0.1, 0.15) is 5.82 Å². The summed E-state index contributed by atoms with van der Waals surface area (Å²) < 4.78 is 4.80. The van der Waals surface area contributed by atoms with Crippen LogP contribution in [0.1, 0.15) is 28.9 Å². The number of hydrogen-bond acceptors (Lipinski definition) is 4. The molecule has 0 atom stereocenters. The molecule has 100 valence electrons. The van der Waals surface area contributed by atoms with E-state index in [0.29, 0.717) is 22.3 Å². The fourth-order valence-corrected chi connectivity index (χ4v) is 1.82. The predicted molar refractivity (Wildman–Crippen MR) is 71.6 cm³/mol. The zero-order valence-corrected chi connectivity index (χ0v) is 11.6. The molecule has 0 radical (unpaired) electrons. The predicted octanol–water partition coefficient (Wildman–Crippen LogP) is 2.88. The fraction of sp³-hybridized carbons (Fsp3) is 0.250. The molecule has 0 amide bonds. The molecule has 2 aromatic rings. The quantitative estimate of drug-likeness (QED) is 0.882. The number of nitrogens with zero attached hydrogens (tertiary/aromatic N) is 2. The molecular weight excluding hydrogens is 289 g/mol. The minimum atomic E-state index is -0.542. The number of aromatic amines is 1. The molecule has 0 aliphatic rings. The van der Waals surface area contributed by atoms with Crippen molar-refractivity contribution in [3.05, 3.63) is 45.5 Å². The normalized spacial score (nSPS) is 10.5. The first-order valence-corrected chi connectivity index (χ1v) is 6.38. The molecule has 2 rings (SSSR count). The van der Waals surface area contributed by atoms with E-state index in [1.807, 2.05) is 6.07 Å². The van der Waals surface area contributed by atoms with Gasteiger partial charge in [-0.1, -0.05) is 29.3 Å². The second-order valence-electron chi connectivity index (χ2n) is 3.75. The third kappa shape index (κ3) is 3.45. The van der Waals surface area contributed by atoms with Crippen LogP contribution in [0, 0.1) is 0 Å². The van der Waals surface area contributed by atoms with E-state index in [4.69, 9.17) is 27.9 Å². The standard InChI is InChI=1S/C12H11Cl2N3O2/c1-2-19-12(18)11-15-10(16-17-11)6-7-3-4-8(13)9(14)5-7/h3-5H,2,6H2,1H3,(H,15,16,17). The van der Waals surface area contributed by atoms with Gasteiger partial charge in [0, 0.05) is 6.42 Å². The first-order chi connectivity index (χ1) is 9.10. The number of H-pyrrole nitrogens is 1. The topological polar surface area (TPSA) is 67.9 Å². The van der Waals surface area contributed by atoms with Gasteiger partial charge in [-0.2, -0.15) is 0 Å². The average Bonchev–Trinajstić information content (AvgIpc) is 2.83. The summed E-state index contributed by atoms with van der Waals surface area (Å²) in [7, 11) is 0. The van der Waals surface area contributed by atoms with Gasteiger partial charge >= 0.3 is 5.97 Å². The van der Waals surface area contributed by atoms with Crippen LogP contribution in [-0.4, -0.2) is 27.8 Å². The van der Waals surface area contributed by atoms with Crippen molar-refractivity contribution in [2.45, 2.75) is 13.3 Å². The summed E-state index contributed by atoms with van der Waals surface area (Å²) in [6.45, 7) is 2.01. The number of carbonyl (C=O) groups excluding carboxylic acids is 1. The van der Waals surface area contributed by atoms with Crippen LogP contribution in [0.2, 0.25) is 10.0 Å². The highest BCUT2D eigenvalue weighted by Gasteiger charge is 2.13. The van der Waals surface area contributed by atoms with E-state index < -0.39 is 5.97 Å².